The lowest BCUT2D eigenvalue weighted by molar-refractivity contribution is 0.0945. The van der Waals surface area contributed by atoms with Gasteiger partial charge >= 0.3 is 0 Å². The van der Waals surface area contributed by atoms with E-state index in [0.717, 1.165) is 26.1 Å². The molecule has 1 atom stereocenters. The average molecular weight is 349 g/mol. The lowest BCUT2D eigenvalue weighted by Gasteiger charge is -2.15. The average Bonchev–Trinajstić information content (AvgIpc) is 3.15. The number of amides is 1. The topological polar surface area (TPSA) is 65.4 Å². The van der Waals surface area contributed by atoms with E-state index in [-0.39, 0.29) is 5.91 Å². The Kier molecular flexibility index (Phi) is 5.88. The van der Waals surface area contributed by atoms with Gasteiger partial charge in [-0.15, -0.1) is 0 Å². The van der Waals surface area contributed by atoms with Crippen LogP contribution in [-0.2, 0) is 0 Å². The van der Waals surface area contributed by atoms with Crippen molar-refractivity contribution in [3.63, 3.8) is 0 Å². The van der Waals surface area contributed by atoms with Gasteiger partial charge in [0.25, 0.3) is 5.91 Å². The molecule has 1 saturated heterocycles. The van der Waals surface area contributed by atoms with Crippen LogP contribution in [0, 0.1) is 17.2 Å². The number of hydrogen-bond donors (Lipinski definition) is 1. The molecule has 26 heavy (non-hydrogen) atoms. The number of carbonyl (C=O) groups is 1. The second-order valence-corrected chi connectivity index (χ2v) is 6.46. The van der Waals surface area contributed by atoms with E-state index in [1.54, 1.807) is 36.4 Å². The van der Waals surface area contributed by atoms with Gasteiger partial charge < -0.3 is 15.0 Å². The van der Waals surface area contributed by atoms with E-state index in [9.17, 15) is 10.1 Å². The summed E-state index contributed by atoms with van der Waals surface area (Å²) in [6, 6.07) is 16.2. The summed E-state index contributed by atoms with van der Waals surface area (Å²) in [6.45, 7) is 6.01. The fraction of sp³-hybridized carbons (Fsp3) is 0.333. The summed E-state index contributed by atoms with van der Waals surface area (Å²) in [7, 11) is 0. The lowest BCUT2D eigenvalue weighted by atomic mass is 10.1. The molecule has 0 aromatic heterocycles. The molecule has 0 spiro atoms. The number of hydrogen-bond acceptors (Lipinski definition) is 4. The van der Waals surface area contributed by atoms with Gasteiger partial charge in [-0.25, -0.2) is 0 Å². The maximum absolute atomic E-state index is 12.6. The summed E-state index contributed by atoms with van der Waals surface area (Å²) < 4.78 is 5.87. The summed E-state index contributed by atoms with van der Waals surface area (Å²) in [5.41, 5.74) is 0.916. The first-order valence-electron chi connectivity index (χ1n) is 8.97. The number of para-hydroxylation sites is 2. The number of nitriles is 1. The fourth-order valence-corrected chi connectivity index (χ4v) is 3.21. The Hall–Kier alpha value is -2.84. The summed E-state index contributed by atoms with van der Waals surface area (Å²) in [4.78, 5) is 15.0. The molecule has 1 amide bonds. The zero-order valence-electron chi connectivity index (χ0n) is 14.9. The van der Waals surface area contributed by atoms with Gasteiger partial charge in [0.15, 0.2) is 0 Å². The normalized spacial score (nSPS) is 16.8. The van der Waals surface area contributed by atoms with Crippen LogP contribution in [0.1, 0.15) is 29.3 Å². The number of benzene rings is 2. The lowest BCUT2D eigenvalue weighted by Crippen LogP contribution is -2.31. The van der Waals surface area contributed by atoms with Gasteiger partial charge in [-0.05, 0) is 49.7 Å². The third-order valence-electron chi connectivity index (χ3n) is 4.73. The quantitative estimate of drug-likeness (QED) is 0.868. The van der Waals surface area contributed by atoms with Gasteiger partial charge in [0.1, 0.15) is 17.6 Å². The molecule has 1 fully saturated rings. The molecule has 2 aromatic carbocycles. The van der Waals surface area contributed by atoms with Crippen molar-refractivity contribution in [2.24, 2.45) is 5.92 Å². The summed E-state index contributed by atoms with van der Waals surface area (Å²) in [6.07, 6.45) is 1.11. The van der Waals surface area contributed by atoms with Gasteiger partial charge in [0.2, 0.25) is 0 Å². The summed E-state index contributed by atoms with van der Waals surface area (Å²) >= 11 is 0. The van der Waals surface area contributed by atoms with Crippen LogP contribution in [-0.4, -0.2) is 37.0 Å². The molecule has 1 unspecified atom stereocenters. The standard InChI is InChI=1S/C21H23N3O2/c1-2-24-12-11-16(15-24)14-23-21(25)18-8-4-6-10-20(18)26-19-9-5-3-7-17(19)13-22/h3-10,16H,2,11-12,14-15H2,1H3,(H,23,25). The summed E-state index contributed by atoms with van der Waals surface area (Å²) in [5, 5.41) is 12.2. The molecule has 0 radical (unpaired) electrons. The molecule has 5 nitrogen and oxygen atoms in total. The zero-order chi connectivity index (χ0) is 18.4. The molecule has 0 bridgehead atoms. The Morgan fingerprint density at radius 3 is 2.69 bits per heavy atom. The molecular formula is C21H23N3O2. The third kappa shape index (κ3) is 4.22. The maximum Gasteiger partial charge on any atom is 0.255 e. The number of likely N-dealkylation sites (tertiary alicyclic amines) is 1. The Morgan fingerprint density at radius 1 is 1.23 bits per heavy atom. The van der Waals surface area contributed by atoms with Gasteiger partial charge in [-0.3, -0.25) is 4.79 Å². The number of carbonyl (C=O) groups excluding carboxylic acids is 1. The fourth-order valence-electron chi connectivity index (χ4n) is 3.21. The molecule has 3 rings (SSSR count). The Bertz CT molecular complexity index is 813. The van der Waals surface area contributed by atoms with Gasteiger partial charge in [-0.1, -0.05) is 31.2 Å². The van der Waals surface area contributed by atoms with Crippen molar-refractivity contribution in [2.45, 2.75) is 13.3 Å². The number of ether oxygens (including phenoxy) is 1. The first-order valence-corrected chi connectivity index (χ1v) is 8.97. The van der Waals surface area contributed by atoms with Crippen LogP contribution in [0.2, 0.25) is 0 Å². The van der Waals surface area contributed by atoms with E-state index in [2.05, 4.69) is 23.2 Å². The highest BCUT2D eigenvalue weighted by molar-refractivity contribution is 5.97. The second-order valence-electron chi connectivity index (χ2n) is 6.46. The Balaban J connectivity index is 1.69. The van der Waals surface area contributed by atoms with Crippen molar-refractivity contribution < 1.29 is 9.53 Å². The van der Waals surface area contributed by atoms with Crippen molar-refractivity contribution in [3.8, 4) is 17.6 Å². The van der Waals surface area contributed by atoms with Gasteiger partial charge in [0.05, 0.1) is 11.1 Å². The number of nitrogens with zero attached hydrogens (tertiary/aromatic N) is 2. The van der Waals surface area contributed by atoms with E-state index in [4.69, 9.17) is 4.74 Å². The van der Waals surface area contributed by atoms with Crippen molar-refractivity contribution in [1.82, 2.24) is 10.2 Å². The van der Waals surface area contributed by atoms with Gasteiger partial charge in [0, 0.05) is 13.1 Å². The van der Waals surface area contributed by atoms with E-state index < -0.39 is 0 Å². The van der Waals surface area contributed by atoms with E-state index >= 15 is 0 Å². The summed E-state index contributed by atoms with van der Waals surface area (Å²) in [5.74, 6) is 1.25. The Morgan fingerprint density at radius 2 is 1.96 bits per heavy atom. The SMILES string of the molecule is CCN1CCC(CNC(=O)c2ccccc2Oc2ccccc2C#N)C1. The van der Waals surface area contributed by atoms with Crippen molar-refractivity contribution in [3.05, 3.63) is 59.7 Å². The third-order valence-corrected chi connectivity index (χ3v) is 4.73. The number of nitrogens with one attached hydrogen (secondary N) is 1. The predicted octanol–water partition coefficient (Wildman–Crippen LogP) is 3.42. The van der Waals surface area contributed by atoms with Crippen LogP contribution in [0.4, 0.5) is 0 Å². The van der Waals surface area contributed by atoms with Crippen LogP contribution in [0.3, 0.4) is 0 Å². The largest absolute Gasteiger partial charge is 0.455 e. The van der Waals surface area contributed by atoms with Crippen molar-refractivity contribution >= 4 is 5.91 Å². The second kappa shape index (κ2) is 8.50. The monoisotopic (exact) mass is 349 g/mol. The minimum Gasteiger partial charge on any atom is -0.455 e. The molecule has 134 valence electrons. The van der Waals surface area contributed by atoms with E-state index in [1.807, 2.05) is 12.1 Å². The molecule has 5 heteroatoms. The Labute approximate surface area is 154 Å². The van der Waals surface area contributed by atoms with E-state index in [0.29, 0.717) is 35.1 Å². The molecule has 2 aromatic rings. The molecule has 1 heterocycles. The molecule has 1 N–H and O–H groups in total. The molecule has 0 saturated carbocycles. The smallest absolute Gasteiger partial charge is 0.255 e. The predicted molar refractivity (Wildman–Crippen MR) is 100 cm³/mol. The van der Waals surface area contributed by atoms with Crippen LogP contribution in [0.15, 0.2) is 48.5 Å². The van der Waals surface area contributed by atoms with Crippen molar-refractivity contribution in [1.29, 1.82) is 5.26 Å². The number of rotatable bonds is 6. The van der Waals surface area contributed by atoms with Crippen LogP contribution in [0.25, 0.3) is 0 Å². The van der Waals surface area contributed by atoms with Crippen molar-refractivity contribution in [2.75, 3.05) is 26.2 Å². The molecule has 0 aliphatic carbocycles. The minimum atomic E-state index is -0.148. The highest BCUT2D eigenvalue weighted by Crippen LogP contribution is 2.27. The van der Waals surface area contributed by atoms with Crippen LogP contribution in [0.5, 0.6) is 11.5 Å². The first-order chi connectivity index (χ1) is 12.7. The molecular weight excluding hydrogens is 326 g/mol. The van der Waals surface area contributed by atoms with Crippen LogP contribution < -0.4 is 10.1 Å². The molecule has 1 aliphatic rings. The van der Waals surface area contributed by atoms with Gasteiger partial charge in [-0.2, -0.15) is 5.26 Å². The maximum atomic E-state index is 12.6. The van der Waals surface area contributed by atoms with Crippen LogP contribution >= 0.6 is 0 Å². The van der Waals surface area contributed by atoms with E-state index in [1.165, 1.54) is 0 Å². The minimum absolute atomic E-state index is 0.148. The highest BCUT2D eigenvalue weighted by Gasteiger charge is 2.22. The zero-order valence-corrected chi connectivity index (χ0v) is 14.9. The molecule has 1 aliphatic heterocycles. The highest BCUT2D eigenvalue weighted by atomic mass is 16.5. The first kappa shape index (κ1) is 18.0.